The number of thiophene rings is 2. The maximum atomic E-state index is 12.9. The van der Waals surface area contributed by atoms with Crippen molar-refractivity contribution in [3.8, 4) is 5.00 Å². The Hall–Kier alpha value is -3.42. The fraction of sp³-hybridized carbons (Fsp3) is 0. The van der Waals surface area contributed by atoms with Crippen LogP contribution in [0.25, 0.3) is 32.9 Å². The van der Waals surface area contributed by atoms with Crippen molar-refractivity contribution in [3.05, 3.63) is 81.1 Å². The van der Waals surface area contributed by atoms with Crippen molar-refractivity contribution in [1.29, 1.82) is 0 Å². The van der Waals surface area contributed by atoms with E-state index >= 15 is 0 Å². The molecule has 1 aliphatic carbocycles. The molecule has 0 spiro atoms. The van der Waals surface area contributed by atoms with Gasteiger partial charge in [-0.25, -0.2) is 0 Å². The topological polar surface area (TPSA) is 64.8 Å². The van der Waals surface area contributed by atoms with Gasteiger partial charge in [0.05, 0.1) is 11.8 Å². The van der Waals surface area contributed by atoms with Gasteiger partial charge in [-0.05, 0) is 64.0 Å². The van der Waals surface area contributed by atoms with Crippen LogP contribution in [0.2, 0.25) is 0 Å². The highest BCUT2D eigenvalue weighted by Crippen LogP contribution is 2.34. The summed E-state index contributed by atoms with van der Waals surface area (Å²) in [5, 5.41) is 16.1. The van der Waals surface area contributed by atoms with Crippen molar-refractivity contribution in [1.82, 2.24) is 14.8 Å². The number of benzene rings is 1. The first-order valence-electron chi connectivity index (χ1n) is 8.89. The van der Waals surface area contributed by atoms with E-state index in [4.69, 9.17) is 0 Å². The number of nitrogens with zero attached hydrogens (tertiary/aromatic N) is 3. The Kier molecular flexibility index (Phi) is 3.44. The molecule has 0 aliphatic heterocycles. The molecule has 0 saturated carbocycles. The van der Waals surface area contributed by atoms with Crippen LogP contribution in [0.15, 0.2) is 65.1 Å². The molecule has 1 aliphatic rings. The molecule has 7 heteroatoms. The summed E-state index contributed by atoms with van der Waals surface area (Å²) in [6.45, 7) is 0. The van der Waals surface area contributed by atoms with Gasteiger partial charge in [-0.3, -0.25) is 14.2 Å². The number of hydrogen-bond donors (Lipinski definition) is 0. The van der Waals surface area contributed by atoms with E-state index in [-0.39, 0.29) is 17.1 Å². The molecular weight excluding hydrogens is 402 g/mol. The largest absolute Gasteiger partial charge is 0.291 e. The van der Waals surface area contributed by atoms with E-state index in [1.807, 2.05) is 57.9 Å². The standard InChI is InChI=1S/C22H11N3O2S2/c26-20-16-7-13-10-28-11-14(13)8-17(16)21(27)18(20)9-15-1-2-19(29-15)25-6-4-12-3-5-23-24-22(12)25/h1-11H. The van der Waals surface area contributed by atoms with E-state index in [2.05, 4.69) is 10.2 Å². The van der Waals surface area contributed by atoms with E-state index in [1.54, 1.807) is 23.6 Å². The molecule has 0 N–H and O–H groups in total. The fourth-order valence-corrected chi connectivity index (χ4v) is 5.37. The molecule has 0 atom stereocenters. The molecule has 138 valence electrons. The molecule has 29 heavy (non-hydrogen) atoms. The van der Waals surface area contributed by atoms with Crippen LogP contribution in [0.3, 0.4) is 0 Å². The van der Waals surface area contributed by atoms with Gasteiger partial charge in [-0.15, -0.1) is 16.4 Å². The SMILES string of the molecule is O=C1C(=Cc2ccc(-n3ccc4ccnnc43)s2)C(=O)c2cc3cscc3cc21. The molecule has 0 radical (unpaired) electrons. The molecule has 0 bridgehead atoms. The number of aromatic nitrogens is 3. The first-order chi connectivity index (χ1) is 14.2. The van der Waals surface area contributed by atoms with Crippen LogP contribution in [0.4, 0.5) is 0 Å². The number of carbonyl (C=O) groups excluding carboxylic acids is 2. The smallest absolute Gasteiger partial charge is 0.197 e. The first kappa shape index (κ1) is 16.5. The minimum atomic E-state index is -0.203. The summed E-state index contributed by atoms with van der Waals surface area (Å²) in [5.41, 5.74) is 1.99. The zero-order chi connectivity index (χ0) is 19.5. The maximum absolute atomic E-state index is 12.9. The molecule has 0 saturated heterocycles. The minimum absolute atomic E-state index is 0.203. The van der Waals surface area contributed by atoms with Gasteiger partial charge >= 0.3 is 0 Å². The predicted octanol–water partition coefficient (Wildman–Crippen LogP) is 5.16. The van der Waals surface area contributed by atoms with Crippen molar-refractivity contribution in [2.45, 2.75) is 0 Å². The lowest BCUT2D eigenvalue weighted by atomic mass is 10.1. The second-order valence-corrected chi connectivity index (χ2v) is 8.62. The van der Waals surface area contributed by atoms with Crippen LogP contribution in [0, 0.1) is 0 Å². The predicted molar refractivity (Wildman–Crippen MR) is 115 cm³/mol. The number of ketones is 2. The Morgan fingerprint density at radius 2 is 1.66 bits per heavy atom. The van der Waals surface area contributed by atoms with Crippen LogP contribution >= 0.6 is 22.7 Å². The Morgan fingerprint density at radius 1 is 0.897 bits per heavy atom. The van der Waals surface area contributed by atoms with Crippen molar-refractivity contribution >= 4 is 62.1 Å². The van der Waals surface area contributed by atoms with Crippen LogP contribution in [-0.4, -0.2) is 26.3 Å². The molecule has 6 rings (SSSR count). The fourth-order valence-electron chi connectivity index (χ4n) is 3.66. The lowest BCUT2D eigenvalue weighted by molar-refractivity contribution is 0.0990. The second-order valence-electron chi connectivity index (χ2n) is 6.79. The number of carbonyl (C=O) groups is 2. The highest BCUT2D eigenvalue weighted by Gasteiger charge is 2.33. The molecule has 5 nitrogen and oxygen atoms in total. The first-order valence-corrected chi connectivity index (χ1v) is 10.6. The van der Waals surface area contributed by atoms with Gasteiger partial charge in [-0.2, -0.15) is 16.4 Å². The summed E-state index contributed by atoms with van der Waals surface area (Å²) in [5.74, 6) is -0.407. The number of fused-ring (bicyclic) bond motifs is 3. The van der Waals surface area contributed by atoms with E-state index in [0.29, 0.717) is 11.1 Å². The summed E-state index contributed by atoms with van der Waals surface area (Å²) in [6.07, 6.45) is 5.30. The van der Waals surface area contributed by atoms with Crippen LogP contribution < -0.4 is 0 Å². The molecule has 0 fully saturated rings. The minimum Gasteiger partial charge on any atom is -0.291 e. The Labute approximate surface area is 172 Å². The summed E-state index contributed by atoms with van der Waals surface area (Å²) < 4.78 is 1.95. The monoisotopic (exact) mass is 413 g/mol. The second kappa shape index (κ2) is 6.04. The van der Waals surface area contributed by atoms with Crippen LogP contribution in [0.5, 0.6) is 0 Å². The quantitative estimate of drug-likeness (QED) is 0.296. The van der Waals surface area contributed by atoms with Gasteiger partial charge in [0.25, 0.3) is 0 Å². The third-order valence-electron chi connectivity index (χ3n) is 5.09. The van der Waals surface area contributed by atoms with Gasteiger partial charge in [0.2, 0.25) is 0 Å². The average molecular weight is 413 g/mol. The molecule has 0 amide bonds. The van der Waals surface area contributed by atoms with Gasteiger partial charge in [0, 0.05) is 27.6 Å². The van der Waals surface area contributed by atoms with Gasteiger partial charge in [0.1, 0.15) is 5.00 Å². The Morgan fingerprint density at radius 3 is 2.41 bits per heavy atom. The maximum Gasteiger partial charge on any atom is 0.197 e. The van der Waals surface area contributed by atoms with Crippen molar-refractivity contribution in [2.75, 3.05) is 0 Å². The highest BCUT2D eigenvalue weighted by atomic mass is 32.1. The van der Waals surface area contributed by atoms with Crippen molar-refractivity contribution in [2.24, 2.45) is 0 Å². The average Bonchev–Trinajstić information content (AvgIpc) is 3.50. The van der Waals surface area contributed by atoms with Crippen LogP contribution in [-0.2, 0) is 0 Å². The van der Waals surface area contributed by atoms with Gasteiger partial charge < -0.3 is 0 Å². The normalized spacial score (nSPS) is 13.6. The third kappa shape index (κ3) is 2.45. The van der Waals surface area contributed by atoms with E-state index in [9.17, 15) is 9.59 Å². The number of allylic oxidation sites excluding steroid dienone is 1. The van der Waals surface area contributed by atoms with E-state index < -0.39 is 0 Å². The van der Waals surface area contributed by atoms with Crippen LogP contribution in [0.1, 0.15) is 25.6 Å². The van der Waals surface area contributed by atoms with E-state index in [1.165, 1.54) is 11.3 Å². The summed E-state index contributed by atoms with van der Waals surface area (Å²) >= 11 is 3.06. The summed E-state index contributed by atoms with van der Waals surface area (Å²) in [7, 11) is 0. The molecule has 5 aromatic rings. The molecule has 4 heterocycles. The van der Waals surface area contributed by atoms with Gasteiger partial charge in [-0.1, -0.05) is 0 Å². The third-order valence-corrected chi connectivity index (χ3v) is 6.90. The van der Waals surface area contributed by atoms with E-state index in [0.717, 1.165) is 31.7 Å². The Bertz CT molecular complexity index is 1450. The lowest BCUT2D eigenvalue weighted by Crippen LogP contribution is -1.99. The molecule has 4 aromatic heterocycles. The molecule has 0 unspecified atom stereocenters. The van der Waals surface area contributed by atoms with Crippen molar-refractivity contribution in [3.63, 3.8) is 0 Å². The van der Waals surface area contributed by atoms with Gasteiger partial charge in [0.15, 0.2) is 17.2 Å². The zero-order valence-electron chi connectivity index (χ0n) is 14.8. The highest BCUT2D eigenvalue weighted by molar-refractivity contribution is 7.15. The zero-order valence-corrected chi connectivity index (χ0v) is 16.5. The molecule has 1 aromatic carbocycles. The van der Waals surface area contributed by atoms with Crippen molar-refractivity contribution < 1.29 is 9.59 Å². The molecular formula is C22H11N3O2S2. The lowest BCUT2D eigenvalue weighted by Gasteiger charge is -1.99. The number of Topliss-reactive ketones (excluding diaryl/α,β-unsaturated/α-hetero) is 2. The summed E-state index contributed by atoms with van der Waals surface area (Å²) in [6, 6.07) is 11.4. The number of hydrogen-bond acceptors (Lipinski definition) is 6. The summed E-state index contributed by atoms with van der Waals surface area (Å²) in [4.78, 5) is 26.6. The Balaban J connectivity index is 1.41. The number of rotatable bonds is 2.